The summed E-state index contributed by atoms with van der Waals surface area (Å²) in [6.45, 7) is 12.7. The minimum Gasteiger partial charge on any atom is -0.497 e. The molecule has 0 amide bonds. The Hall–Kier alpha value is -5.84. The highest BCUT2D eigenvalue weighted by molar-refractivity contribution is 6.09. The molecule has 324 valence electrons. The summed E-state index contributed by atoms with van der Waals surface area (Å²) in [7, 11) is 1.70. The number of benzene rings is 5. The maximum atomic E-state index is 12.4. The van der Waals surface area contributed by atoms with Crippen LogP contribution < -0.4 is 19.1 Å². The largest absolute Gasteiger partial charge is 0.497 e. The molecule has 10 heteroatoms. The monoisotopic (exact) mass is 839 g/mol. The summed E-state index contributed by atoms with van der Waals surface area (Å²) in [4.78, 5) is 27.0. The summed E-state index contributed by atoms with van der Waals surface area (Å²) in [5.74, 6) is 1.24. The maximum Gasteiger partial charge on any atom is 0.306 e. The number of carbonyl (C=O) groups excluding carboxylic acids is 2. The number of unbranched alkanes of at least 4 members (excludes halogenated alkanes) is 1. The standard InChI is InChI=1S/C52H57NO9/c1-6-7-28-58-34-35(2)61-47(55)23-22-46(54)60-32-31-59-39-18-14-37(15-19-39)52(36-12-16-38(17-13-36)53-26-29-57-30-27-53)25-24-43-49-48(42-10-8-9-11-45(42)51(49,3)4)41-21-20-40(56-5)33-44(41)50(43)62-52/h8-21,24-25,33,35H,6-7,22-23,26-32,34H2,1-5H3. The van der Waals surface area contributed by atoms with Crippen LogP contribution in [0.25, 0.3) is 28.0 Å². The van der Waals surface area contributed by atoms with E-state index in [0.717, 1.165) is 70.6 Å². The fourth-order valence-electron chi connectivity index (χ4n) is 8.98. The van der Waals surface area contributed by atoms with Gasteiger partial charge in [-0.05, 0) is 89.5 Å². The molecule has 2 atom stereocenters. The quantitative estimate of drug-likeness (QED) is 0.0665. The zero-order chi connectivity index (χ0) is 43.3. The molecule has 0 radical (unpaired) electrons. The molecular formula is C52H57NO9. The number of fused-ring (bicyclic) bond motifs is 8. The van der Waals surface area contributed by atoms with Gasteiger partial charge in [0.2, 0.25) is 0 Å². The number of ether oxygens (including phenoxy) is 7. The van der Waals surface area contributed by atoms with E-state index in [0.29, 0.717) is 32.2 Å². The van der Waals surface area contributed by atoms with Crippen LogP contribution in [0.1, 0.15) is 81.2 Å². The van der Waals surface area contributed by atoms with Crippen LogP contribution in [0.3, 0.4) is 0 Å². The van der Waals surface area contributed by atoms with Crippen molar-refractivity contribution in [1.82, 2.24) is 0 Å². The summed E-state index contributed by atoms with van der Waals surface area (Å²) < 4.78 is 41.2. The first-order chi connectivity index (χ1) is 30.1. The van der Waals surface area contributed by atoms with Crippen LogP contribution in [0.5, 0.6) is 17.2 Å². The Morgan fingerprint density at radius 2 is 1.53 bits per heavy atom. The second-order valence-corrected chi connectivity index (χ2v) is 16.7. The first kappa shape index (κ1) is 42.8. The Kier molecular flexibility index (Phi) is 12.9. The molecular weight excluding hydrogens is 783 g/mol. The fourth-order valence-corrected chi connectivity index (χ4v) is 8.98. The Morgan fingerprint density at radius 1 is 0.823 bits per heavy atom. The van der Waals surface area contributed by atoms with Crippen molar-refractivity contribution in [3.63, 3.8) is 0 Å². The molecule has 2 heterocycles. The van der Waals surface area contributed by atoms with Crippen molar-refractivity contribution < 1.29 is 42.7 Å². The molecule has 5 aromatic carbocycles. The predicted octanol–water partition coefficient (Wildman–Crippen LogP) is 9.79. The molecule has 0 aromatic heterocycles. The number of carbonyl (C=O) groups is 2. The number of nitrogens with zero attached hydrogens (tertiary/aromatic N) is 1. The van der Waals surface area contributed by atoms with Crippen molar-refractivity contribution in [1.29, 1.82) is 0 Å². The average Bonchev–Trinajstić information content (AvgIpc) is 3.55. The zero-order valence-electron chi connectivity index (χ0n) is 36.5. The number of esters is 2. The van der Waals surface area contributed by atoms with E-state index in [1.54, 1.807) is 14.0 Å². The van der Waals surface area contributed by atoms with E-state index in [-0.39, 0.29) is 37.6 Å². The summed E-state index contributed by atoms with van der Waals surface area (Å²) in [5.41, 5.74) is 7.88. The van der Waals surface area contributed by atoms with Gasteiger partial charge >= 0.3 is 11.9 Å². The molecule has 0 spiro atoms. The van der Waals surface area contributed by atoms with Gasteiger partial charge in [0.25, 0.3) is 0 Å². The van der Waals surface area contributed by atoms with Crippen molar-refractivity contribution in [2.24, 2.45) is 0 Å². The zero-order valence-corrected chi connectivity index (χ0v) is 36.5. The third-order valence-electron chi connectivity index (χ3n) is 12.2. The molecule has 0 saturated carbocycles. The molecule has 3 aliphatic rings. The van der Waals surface area contributed by atoms with Crippen LogP contribution >= 0.6 is 0 Å². The third kappa shape index (κ3) is 8.63. The molecule has 0 bridgehead atoms. The molecule has 62 heavy (non-hydrogen) atoms. The molecule has 1 fully saturated rings. The smallest absolute Gasteiger partial charge is 0.306 e. The van der Waals surface area contributed by atoms with Crippen LogP contribution in [0.4, 0.5) is 5.69 Å². The molecule has 2 unspecified atom stereocenters. The van der Waals surface area contributed by atoms with Gasteiger partial charge in [0.1, 0.15) is 36.6 Å². The van der Waals surface area contributed by atoms with Crippen molar-refractivity contribution in [2.75, 3.05) is 64.7 Å². The second kappa shape index (κ2) is 18.6. The van der Waals surface area contributed by atoms with Crippen molar-refractivity contribution in [3.8, 4) is 28.4 Å². The Labute approximate surface area is 364 Å². The van der Waals surface area contributed by atoms with Crippen LogP contribution in [0, 0.1) is 0 Å². The Balaban J connectivity index is 1.03. The van der Waals surface area contributed by atoms with Crippen LogP contribution in [0.2, 0.25) is 0 Å². The normalized spacial score (nSPS) is 17.7. The van der Waals surface area contributed by atoms with Crippen molar-refractivity contribution in [2.45, 2.75) is 70.5 Å². The highest BCUT2D eigenvalue weighted by atomic mass is 16.6. The summed E-state index contributed by atoms with van der Waals surface area (Å²) in [6.07, 6.45) is 5.93. The van der Waals surface area contributed by atoms with Crippen molar-refractivity contribution >= 4 is 34.5 Å². The van der Waals surface area contributed by atoms with Crippen LogP contribution in [0.15, 0.2) is 97.1 Å². The van der Waals surface area contributed by atoms with Gasteiger partial charge < -0.3 is 38.1 Å². The van der Waals surface area contributed by atoms with E-state index in [9.17, 15) is 9.59 Å². The molecule has 8 rings (SSSR count). The lowest BCUT2D eigenvalue weighted by Gasteiger charge is -2.39. The van der Waals surface area contributed by atoms with Crippen LogP contribution in [-0.2, 0) is 39.6 Å². The number of hydrogen-bond acceptors (Lipinski definition) is 10. The molecule has 10 nitrogen and oxygen atoms in total. The number of rotatable bonds is 17. The van der Waals surface area contributed by atoms with E-state index < -0.39 is 17.5 Å². The van der Waals surface area contributed by atoms with E-state index in [1.807, 2.05) is 30.3 Å². The summed E-state index contributed by atoms with van der Waals surface area (Å²) in [5, 5.41) is 2.10. The summed E-state index contributed by atoms with van der Waals surface area (Å²) in [6, 6.07) is 31.6. The SMILES string of the molecule is CCCCOCC(C)OC(=O)CCC(=O)OCCOc1ccc(C2(c3ccc(N4CCOCC4)cc3)C=Cc3c4c(c5ccc(OC)cc5c3O2)-c2ccccc2C4(C)C)cc1. The third-order valence-corrected chi connectivity index (χ3v) is 12.2. The lowest BCUT2D eigenvalue weighted by atomic mass is 9.77. The average molecular weight is 840 g/mol. The minimum atomic E-state index is -0.995. The minimum absolute atomic E-state index is 0.0421. The number of methoxy groups -OCH3 is 1. The van der Waals surface area contributed by atoms with Gasteiger partial charge in [-0.15, -0.1) is 0 Å². The maximum absolute atomic E-state index is 12.4. The lowest BCUT2D eigenvalue weighted by molar-refractivity contribution is -0.155. The fraction of sp³-hybridized carbons (Fsp3) is 0.385. The lowest BCUT2D eigenvalue weighted by Crippen LogP contribution is -2.37. The van der Waals surface area contributed by atoms with Gasteiger partial charge in [-0.3, -0.25) is 9.59 Å². The van der Waals surface area contributed by atoms with Gasteiger partial charge in [-0.1, -0.05) is 81.8 Å². The van der Waals surface area contributed by atoms with Gasteiger partial charge in [0, 0.05) is 52.9 Å². The van der Waals surface area contributed by atoms with E-state index in [4.69, 9.17) is 33.2 Å². The van der Waals surface area contributed by atoms with Crippen molar-refractivity contribution in [3.05, 3.63) is 125 Å². The molecule has 0 N–H and O–H groups in total. The van der Waals surface area contributed by atoms with Gasteiger partial charge in [0.15, 0.2) is 5.60 Å². The highest BCUT2D eigenvalue weighted by Gasteiger charge is 2.44. The van der Waals surface area contributed by atoms with Crippen LogP contribution in [-0.4, -0.2) is 77.9 Å². The van der Waals surface area contributed by atoms with E-state index >= 15 is 0 Å². The first-order valence-electron chi connectivity index (χ1n) is 21.9. The second-order valence-electron chi connectivity index (χ2n) is 16.7. The topological polar surface area (TPSA) is 102 Å². The van der Waals surface area contributed by atoms with Gasteiger partial charge in [-0.25, -0.2) is 0 Å². The first-order valence-corrected chi connectivity index (χ1v) is 21.9. The summed E-state index contributed by atoms with van der Waals surface area (Å²) >= 11 is 0. The number of anilines is 1. The van der Waals surface area contributed by atoms with Gasteiger partial charge in [0.05, 0.1) is 39.8 Å². The van der Waals surface area contributed by atoms with E-state index in [2.05, 4.69) is 98.5 Å². The molecule has 2 aliphatic heterocycles. The molecule has 5 aromatic rings. The highest BCUT2D eigenvalue weighted by Crippen LogP contribution is 2.58. The molecule has 1 saturated heterocycles. The Bertz CT molecular complexity index is 2420. The molecule has 1 aliphatic carbocycles. The van der Waals surface area contributed by atoms with Gasteiger partial charge in [-0.2, -0.15) is 0 Å². The van der Waals surface area contributed by atoms with E-state index in [1.165, 1.54) is 22.3 Å². The predicted molar refractivity (Wildman–Crippen MR) is 241 cm³/mol. The Morgan fingerprint density at radius 3 is 2.27 bits per heavy atom. The number of morpholine rings is 1. The number of hydrogen-bond donors (Lipinski definition) is 0.